The van der Waals surface area contributed by atoms with Crippen LogP contribution in [0.3, 0.4) is 0 Å². The summed E-state index contributed by atoms with van der Waals surface area (Å²) in [7, 11) is 0. The minimum Gasteiger partial charge on any atom is -0.481 e. The molecule has 2 N–H and O–H groups in total. The van der Waals surface area contributed by atoms with Crippen molar-refractivity contribution in [1.29, 1.82) is 0 Å². The number of piperidine rings is 1. The molecule has 8 heteroatoms. The number of carboxylic acid groups (broad SMARTS) is 1. The number of rotatable bonds is 5. The lowest BCUT2D eigenvalue weighted by Crippen LogP contribution is -2.38. The second kappa shape index (κ2) is 5.43. The third kappa shape index (κ3) is 2.65. The van der Waals surface area contributed by atoms with E-state index in [1.54, 1.807) is 0 Å². The molecule has 0 radical (unpaired) electrons. The molecule has 2 heterocycles. The normalized spacial score (nSPS) is 22.6. The molecule has 0 aromatic carbocycles. The van der Waals surface area contributed by atoms with E-state index in [-0.39, 0.29) is 17.7 Å². The fraction of sp³-hybridized carbons (Fsp3) is 0.667. The molecule has 1 saturated carbocycles. The lowest BCUT2D eigenvalue weighted by Gasteiger charge is -2.25. The van der Waals surface area contributed by atoms with Crippen molar-refractivity contribution < 1.29 is 14.7 Å². The van der Waals surface area contributed by atoms with Gasteiger partial charge in [-0.05, 0) is 25.7 Å². The molecule has 1 aromatic heterocycles. The summed E-state index contributed by atoms with van der Waals surface area (Å²) in [5.41, 5.74) is 0. The van der Waals surface area contributed by atoms with Crippen molar-refractivity contribution in [2.45, 2.75) is 42.8 Å². The largest absolute Gasteiger partial charge is 0.481 e. The topological polar surface area (TPSA) is 97.1 Å². The first kappa shape index (κ1) is 13.4. The lowest BCUT2D eigenvalue weighted by atomic mass is 10.1. The maximum atomic E-state index is 12.1. The zero-order valence-electron chi connectivity index (χ0n) is 10.9. The Labute approximate surface area is 120 Å². The number of carbonyl (C=O) groups excluding carboxylic acids is 1. The van der Waals surface area contributed by atoms with Crippen LogP contribution in [-0.2, 0) is 9.59 Å². The van der Waals surface area contributed by atoms with Gasteiger partial charge in [0.1, 0.15) is 11.9 Å². The van der Waals surface area contributed by atoms with Crippen molar-refractivity contribution >= 4 is 23.6 Å². The van der Waals surface area contributed by atoms with Crippen molar-refractivity contribution in [2.75, 3.05) is 12.3 Å². The number of aliphatic carboxylic acids is 1. The average molecular weight is 296 g/mol. The molecule has 108 valence electrons. The van der Waals surface area contributed by atoms with E-state index >= 15 is 0 Å². The van der Waals surface area contributed by atoms with Gasteiger partial charge in [-0.15, -0.1) is 10.2 Å². The van der Waals surface area contributed by atoms with Gasteiger partial charge in [0.25, 0.3) is 0 Å². The molecule has 1 aromatic rings. The van der Waals surface area contributed by atoms with Crippen molar-refractivity contribution in [1.82, 2.24) is 20.1 Å². The monoisotopic (exact) mass is 296 g/mol. The van der Waals surface area contributed by atoms with Crippen LogP contribution in [-0.4, -0.2) is 44.0 Å². The molecule has 2 fully saturated rings. The molecule has 1 atom stereocenters. The number of nitrogens with zero attached hydrogens (tertiary/aromatic N) is 3. The molecular formula is C12H16N4O3S. The van der Waals surface area contributed by atoms with Crippen molar-refractivity contribution in [2.24, 2.45) is 0 Å². The van der Waals surface area contributed by atoms with Crippen LogP contribution < -0.4 is 5.32 Å². The van der Waals surface area contributed by atoms with Crippen molar-refractivity contribution in [3.05, 3.63) is 5.82 Å². The first-order chi connectivity index (χ1) is 9.66. The molecule has 0 bridgehead atoms. The van der Waals surface area contributed by atoms with E-state index in [4.69, 9.17) is 5.11 Å². The van der Waals surface area contributed by atoms with Gasteiger partial charge >= 0.3 is 5.97 Å². The Morgan fingerprint density at radius 1 is 1.40 bits per heavy atom. The van der Waals surface area contributed by atoms with E-state index in [0.29, 0.717) is 17.6 Å². The van der Waals surface area contributed by atoms with Gasteiger partial charge in [-0.2, -0.15) is 0 Å². The highest BCUT2D eigenvalue weighted by molar-refractivity contribution is 7.99. The highest BCUT2D eigenvalue weighted by Gasteiger charge is 2.35. The summed E-state index contributed by atoms with van der Waals surface area (Å²) in [5.74, 6) is 0.217. The summed E-state index contributed by atoms with van der Waals surface area (Å²) < 4.78 is 1.86. The molecule has 1 amide bonds. The summed E-state index contributed by atoms with van der Waals surface area (Å²) >= 11 is 1.13. The number of thioether (sulfide) groups is 1. The molecule has 20 heavy (non-hydrogen) atoms. The Bertz CT molecular complexity index is 541. The number of carboxylic acids is 1. The highest BCUT2D eigenvalue weighted by atomic mass is 32.2. The molecule has 2 aliphatic rings. The van der Waals surface area contributed by atoms with Gasteiger partial charge in [0.15, 0.2) is 5.16 Å². The van der Waals surface area contributed by atoms with Gasteiger partial charge in [-0.3, -0.25) is 14.2 Å². The van der Waals surface area contributed by atoms with E-state index in [1.807, 2.05) is 4.57 Å². The predicted molar refractivity (Wildman–Crippen MR) is 71.6 cm³/mol. The minimum absolute atomic E-state index is 0.0184. The van der Waals surface area contributed by atoms with Crippen LogP contribution in [0, 0.1) is 0 Å². The van der Waals surface area contributed by atoms with Gasteiger partial charge in [-0.25, -0.2) is 0 Å². The van der Waals surface area contributed by atoms with E-state index in [1.165, 1.54) is 0 Å². The summed E-state index contributed by atoms with van der Waals surface area (Å²) in [6, 6.07) is -0.300. The minimum atomic E-state index is -0.898. The Morgan fingerprint density at radius 3 is 2.85 bits per heavy atom. The van der Waals surface area contributed by atoms with E-state index in [2.05, 4.69) is 15.5 Å². The first-order valence-electron chi connectivity index (χ1n) is 6.74. The van der Waals surface area contributed by atoms with Crippen molar-refractivity contribution in [3.8, 4) is 0 Å². The third-order valence-electron chi connectivity index (χ3n) is 3.53. The lowest BCUT2D eigenvalue weighted by molar-refractivity contribution is -0.134. The molecule has 1 unspecified atom stereocenters. The molecular weight excluding hydrogens is 280 g/mol. The quantitative estimate of drug-likeness (QED) is 0.779. The van der Waals surface area contributed by atoms with Gasteiger partial charge in [0, 0.05) is 12.5 Å². The zero-order chi connectivity index (χ0) is 14.1. The SMILES string of the molecule is O=C(O)CSc1nnc(C2CC2)n1C1CCCNC1=O. The summed E-state index contributed by atoms with van der Waals surface area (Å²) in [5, 5.41) is 20.5. The standard InChI is InChI=1S/C12H16N4O3S/c17-9(18)6-20-12-15-14-10(7-3-4-7)16(12)8-2-1-5-13-11(8)19/h7-8H,1-6H2,(H,13,19)(H,17,18). The fourth-order valence-electron chi connectivity index (χ4n) is 2.43. The van der Waals surface area contributed by atoms with Crippen LogP contribution in [0.25, 0.3) is 0 Å². The van der Waals surface area contributed by atoms with Gasteiger partial charge < -0.3 is 10.4 Å². The van der Waals surface area contributed by atoms with Gasteiger partial charge in [0.05, 0.1) is 5.75 Å². The smallest absolute Gasteiger partial charge is 0.313 e. The maximum Gasteiger partial charge on any atom is 0.313 e. The molecule has 3 rings (SSSR count). The molecule has 1 aliphatic carbocycles. The second-order valence-corrected chi connectivity index (χ2v) is 6.06. The number of hydrogen-bond donors (Lipinski definition) is 2. The average Bonchev–Trinajstić information content (AvgIpc) is 3.18. The van der Waals surface area contributed by atoms with Gasteiger partial charge in [-0.1, -0.05) is 11.8 Å². The second-order valence-electron chi connectivity index (χ2n) is 5.12. The summed E-state index contributed by atoms with van der Waals surface area (Å²) in [4.78, 5) is 22.8. The number of amides is 1. The maximum absolute atomic E-state index is 12.1. The molecule has 1 saturated heterocycles. The van der Waals surface area contributed by atoms with Crippen LogP contribution in [0.1, 0.15) is 43.5 Å². The van der Waals surface area contributed by atoms with E-state index in [9.17, 15) is 9.59 Å². The zero-order valence-corrected chi connectivity index (χ0v) is 11.7. The predicted octanol–water partition coefficient (Wildman–Crippen LogP) is 0.783. The number of aromatic nitrogens is 3. The van der Waals surface area contributed by atoms with Crippen LogP contribution in [0.4, 0.5) is 0 Å². The Morgan fingerprint density at radius 2 is 2.20 bits per heavy atom. The number of nitrogens with one attached hydrogen (secondary N) is 1. The van der Waals surface area contributed by atoms with Crippen molar-refractivity contribution in [3.63, 3.8) is 0 Å². The first-order valence-corrected chi connectivity index (χ1v) is 7.72. The van der Waals surface area contributed by atoms with Gasteiger partial charge in [0.2, 0.25) is 5.91 Å². The Hall–Kier alpha value is -1.57. The fourth-order valence-corrected chi connectivity index (χ4v) is 3.14. The highest BCUT2D eigenvalue weighted by Crippen LogP contribution is 2.41. The molecule has 7 nitrogen and oxygen atoms in total. The van der Waals surface area contributed by atoms with Crippen LogP contribution in [0.2, 0.25) is 0 Å². The third-order valence-corrected chi connectivity index (χ3v) is 4.45. The van der Waals surface area contributed by atoms with E-state index < -0.39 is 5.97 Å². The van der Waals surface area contributed by atoms with Crippen LogP contribution in [0.15, 0.2) is 5.16 Å². The Balaban J connectivity index is 1.90. The van der Waals surface area contributed by atoms with Crippen LogP contribution >= 0.6 is 11.8 Å². The van der Waals surface area contributed by atoms with Crippen LogP contribution in [0.5, 0.6) is 0 Å². The molecule has 0 spiro atoms. The number of hydrogen-bond acceptors (Lipinski definition) is 5. The molecule has 1 aliphatic heterocycles. The summed E-state index contributed by atoms with van der Waals surface area (Å²) in [6.07, 6.45) is 3.80. The Kier molecular flexibility index (Phi) is 3.64. The number of carbonyl (C=O) groups is 2. The summed E-state index contributed by atoms with van der Waals surface area (Å²) in [6.45, 7) is 0.702. The van der Waals surface area contributed by atoms with E-state index in [0.717, 1.165) is 43.3 Å².